The summed E-state index contributed by atoms with van der Waals surface area (Å²) in [4.78, 5) is 4.38. The third-order valence-corrected chi connectivity index (χ3v) is 2.83. The molecule has 0 spiro atoms. The maximum atomic E-state index is 4.38. The first-order valence-corrected chi connectivity index (χ1v) is 6.97. The first-order chi connectivity index (χ1) is 10.8. The Kier molecular flexibility index (Phi) is 7.70. The van der Waals surface area contributed by atoms with Crippen molar-refractivity contribution in [2.45, 2.75) is 0 Å². The molecule has 0 atom stereocenters. The fraction of sp³-hybridized carbons (Fsp3) is 0. The van der Waals surface area contributed by atoms with Gasteiger partial charge in [0.15, 0.2) is 0 Å². The summed E-state index contributed by atoms with van der Waals surface area (Å²) in [7, 11) is 0. The maximum Gasteiger partial charge on any atom is 0.0701 e. The normalized spacial score (nSPS) is 13.0. The maximum absolute atomic E-state index is 4.38. The molecule has 0 N–H and O–H groups in total. The molecule has 0 amide bonds. The quantitative estimate of drug-likeness (QED) is 0.430. The average Bonchev–Trinajstić information content (AvgIpc) is 2.56. The van der Waals surface area contributed by atoms with Crippen molar-refractivity contribution < 1.29 is 0 Å². The van der Waals surface area contributed by atoms with Crippen molar-refractivity contribution in [3.8, 4) is 0 Å². The average molecular weight is 287 g/mol. The van der Waals surface area contributed by atoms with Crippen molar-refractivity contribution in [1.82, 2.24) is 0 Å². The van der Waals surface area contributed by atoms with Crippen LogP contribution in [0.2, 0.25) is 0 Å². The van der Waals surface area contributed by atoms with Gasteiger partial charge in [-0.15, -0.1) is 0 Å². The highest BCUT2D eigenvalue weighted by molar-refractivity contribution is 5.78. The van der Waals surface area contributed by atoms with Gasteiger partial charge in [-0.3, -0.25) is 4.99 Å². The molecule has 22 heavy (non-hydrogen) atoms. The van der Waals surface area contributed by atoms with Crippen molar-refractivity contribution >= 4 is 11.8 Å². The molecule has 1 heteroatoms. The van der Waals surface area contributed by atoms with Crippen LogP contribution in [0.15, 0.2) is 115 Å². The van der Waals surface area contributed by atoms with Crippen LogP contribution in [0.1, 0.15) is 5.56 Å². The van der Waals surface area contributed by atoms with E-state index in [4.69, 9.17) is 0 Å². The third kappa shape index (κ3) is 5.22. The Morgan fingerprint density at radius 1 is 0.864 bits per heavy atom. The molecule has 1 aromatic carbocycles. The zero-order valence-corrected chi connectivity index (χ0v) is 12.8. The van der Waals surface area contributed by atoms with E-state index in [1.54, 1.807) is 24.4 Å². The zero-order chi connectivity index (χ0) is 16.2. The molecular weight excluding hydrogens is 266 g/mol. The Bertz CT molecular complexity index is 652. The van der Waals surface area contributed by atoms with Gasteiger partial charge in [-0.2, -0.15) is 0 Å². The molecule has 0 bridgehead atoms. The van der Waals surface area contributed by atoms with Gasteiger partial charge in [-0.1, -0.05) is 87.0 Å². The largest absolute Gasteiger partial charge is 0.256 e. The molecule has 0 aliphatic carbocycles. The molecule has 0 aliphatic rings. The van der Waals surface area contributed by atoms with Crippen molar-refractivity contribution in [1.29, 1.82) is 0 Å². The topological polar surface area (TPSA) is 12.4 Å². The minimum Gasteiger partial charge on any atom is -0.256 e. The molecule has 1 aromatic rings. The van der Waals surface area contributed by atoms with Gasteiger partial charge in [0.25, 0.3) is 0 Å². The molecule has 0 fully saturated rings. The summed E-state index contributed by atoms with van der Waals surface area (Å²) < 4.78 is 0. The van der Waals surface area contributed by atoms with Gasteiger partial charge >= 0.3 is 0 Å². The van der Waals surface area contributed by atoms with E-state index in [2.05, 4.69) is 31.3 Å². The SMILES string of the molecule is C=C\C=N/C(=C\C=C)C(=C/C=C)/C=C(\C=C)c1ccccc1. The summed E-state index contributed by atoms with van der Waals surface area (Å²) in [6, 6.07) is 10.1. The van der Waals surface area contributed by atoms with Crippen LogP contribution in [-0.4, -0.2) is 6.21 Å². The predicted octanol–water partition coefficient (Wildman–Crippen LogP) is 5.70. The first kappa shape index (κ1) is 17.1. The summed E-state index contributed by atoms with van der Waals surface area (Å²) in [6.45, 7) is 15.1. The van der Waals surface area contributed by atoms with Crippen LogP contribution >= 0.6 is 0 Å². The molecule has 0 unspecified atom stereocenters. The molecule has 1 rings (SSSR count). The van der Waals surface area contributed by atoms with Crippen LogP contribution in [0.5, 0.6) is 0 Å². The number of rotatable bonds is 8. The van der Waals surface area contributed by atoms with Crippen molar-refractivity contribution in [2.75, 3.05) is 0 Å². The van der Waals surface area contributed by atoms with Gasteiger partial charge in [0, 0.05) is 11.8 Å². The lowest BCUT2D eigenvalue weighted by Gasteiger charge is -2.06. The summed E-state index contributed by atoms with van der Waals surface area (Å²) in [5, 5.41) is 0. The van der Waals surface area contributed by atoms with Crippen LogP contribution in [0, 0.1) is 0 Å². The Morgan fingerprint density at radius 2 is 1.55 bits per heavy atom. The van der Waals surface area contributed by atoms with E-state index in [0.29, 0.717) is 0 Å². The smallest absolute Gasteiger partial charge is 0.0701 e. The lowest BCUT2D eigenvalue weighted by atomic mass is 10.0. The number of allylic oxidation sites excluding steroid dienone is 8. The van der Waals surface area contributed by atoms with Crippen molar-refractivity contribution in [2.24, 2.45) is 4.99 Å². The highest BCUT2D eigenvalue weighted by Crippen LogP contribution is 2.22. The van der Waals surface area contributed by atoms with Crippen LogP contribution in [0.4, 0.5) is 0 Å². The van der Waals surface area contributed by atoms with E-state index in [9.17, 15) is 0 Å². The van der Waals surface area contributed by atoms with E-state index in [-0.39, 0.29) is 0 Å². The lowest BCUT2D eigenvalue weighted by Crippen LogP contribution is -1.88. The second-order valence-electron chi connectivity index (χ2n) is 4.33. The van der Waals surface area contributed by atoms with E-state index in [1.165, 1.54) is 0 Å². The standard InChI is InChI=1S/C21H21N/c1-5-12-20(21(13-6-2)22-16-7-3)17-18(8-4)19-14-10-9-11-15-19/h5-17H,1-4H2/b18-17+,20-12+,21-13-,22-16-. The summed E-state index contributed by atoms with van der Waals surface area (Å²) in [6.07, 6.45) is 14.3. The fourth-order valence-corrected chi connectivity index (χ4v) is 1.85. The van der Waals surface area contributed by atoms with Gasteiger partial charge in [-0.25, -0.2) is 0 Å². The van der Waals surface area contributed by atoms with Gasteiger partial charge in [-0.05, 0) is 23.3 Å². The Hall–Kier alpha value is -2.93. The molecule has 0 radical (unpaired) electrons. The predicted molar refractivity (Wildman–Crippen MR) is 99.9 cm³/mol. The second kappa shape index (κ2) is 9.89. The lowest BCUT2D eigenvalue weighted by molar-refractivity contribution is 1.36. The van der Waals surface area contributed by atoms with E-state index in [0.717, 1.165) is 22.4 Å². The molecule has 0 aromatic heterocycles. The van der Waals surface area contributed by atoms with Gasteiger partial charge in [0.2, 0.25) is 0 Å². The number of aliphatic imine (C=N–C) groups is 1. The van der Waals surface area contributed by atoms with E-state index in [1.807, 2.05) is 54.6 Å². The van der Waals surface area contributed by atoms with E-state index < -0.39 is 0 Å². The molecular formula is C21H21N. The molecule has 0 heterocycles. The second-order valence-corrected chi connectivity index (χ2v) is 4.33. The van der Waals surface area contributed by atoms with Crippen molar-refractivity contribution in [3.63, 3.8) is 0 Å². The molecule has 110 valence electrons. The monoisotopic (exact) mass is 287 g/mol. The fourth-order valence-electron chi connectivity index (χ4n) is 1.85. The minimum absolute atomic E-state index is 0.782. The Morgan fingerprint density at radius 3 is 2.09 bits per heavy atom. The summed E-state index contributed by atoms with van der Waals surface area (Å²) in [5.41, 5.74) is 3.81. The number of hydrogen-bond donors (Lipinski definition) is 0. The number of nitrogens with zero attached hydrogens (tertiary/aromatic N) is 1. The Balaban J connectivity index is 3.35. The van der Waals surface area contributed by atoms with Gasteiger partial charge in [0.05, 0.1) is 5.70 Å². The Labute approximate surface area is 133 Å². The molecule has 1 nitrogen and oxygen atoms in total. The third-order valence-electron chi connectivity index (χ3n) is 2.83. The first-order valence-electron chi connectivity index (χ1n) is 6.97. The highest BCUT2D eigenvalue weighted by atomic mass is 14.7. The van der Waals surface area contributed by atoms with Crippen LogP contribution < -0.4 is 0 Å². The van der Waals surface area contributed by atoms with Gasteiger partial charge < -0.3 is 0 Å². The highest BCUT2D eigenvalue weighted by Gasteiger charge is 2.03. The molecule has 0 saturated carbocycles. The molecule has 0 saturated heterocycles. The van der Waals surface area contributed by atoms with Crippen LogP contribution in [-0.2, 0) is 0 Å². The van der Waals surface area contributed by atoms with Gasteiger partial charge in [0.1, 0.15) is 0 Å². The molecule has 0 aliphatic heterocycles. The summed E-state index contributed by atoms with van der Waals surface area (Å²) in [5.74, 6) is 0. The minimum atomic E-state index is 0.782. The number of hydrogen-bond acceptors (Lipinski definition) is 1. The van der Waals surface area contributed by atoms with Crippen LogP contribution in [0.3, 0.4) is 0 Å². The number of benzene rings is 1. The summed E-state index contributed by atoms with van der Waals surface area (Å²) >= 11 is 0. The zero-order valence-electron chi connectivity index (χ0n) is 12.8. The van der Waals surface area contributed by atoms with Crippen LogP contribution in [0.25, 0.3) is 5.57 Å². The van der Waals surface area contributed by atoms with E-state index >= 15 is 0 Å². The van der Waals surface area contributed by atoms with Crippen molar-refractivity contribution in [3.05, 3.63) is 116 Å².